The third kappa shape index (κ3) is 5.62. The van der Waals surface area contributed by atoms with E-state index >= 15 is 0 Å². The molecule has 152 valence electrons. The minimum absolute atomic E-state index is 0.0377. The van der Waals surface area contributed by atoms with Crippen molar-refractivity contribution in [3.63, 3.8) is 0 Å². The summed E-state index contributed by atoms with van der Waals surface area (Å²) < 4.78 is 11.2. The Labute approximate surface area is 165 Å². The highest BCUT2D eigenvalue weighted by atomic mass is 28.4. The van der Waals surface area contributed by atoms with Gasteiger partial charge in [-0.3, -0.25) is 14.7 Å². The molecule has 0 radical (unpaired) electrons. The third-order valence-corrected chi connectivity index (χ3v) is 10.7. The summed E-state index contributed by atoms with van der Waals surface area (Å²) in [4.78, 5) is 19.0. The van der Waals surface area contributed by atoms with Gasteiger partial charge in [0.25, 0.3) is 0 Å². The van der Waals surface area contributed by atoms with Crippen molar-refractivity contribution in [2.45, 2.75) is 71.3 Å². The molecule has 2 heterocycles. The molecule has 0 N–H and O–H groups in total. The second-order valence-electron chi connectivity index (χ2n) is 9.11. The first kappa shape index (κ1) is 22.1. The molecule has 1 aliphatic heterocycles. The van der Waals surface area contributed by atoms with Crippen LogP contribution < -0.4 is 0 Å². The molecular formula is C21H36N2O3Si. The number of rotatable bonds is 6. The zero-order valence-corrected chi connectivity index (χ0v) is 19.0. The topological polar surface area (TPSA) is 51.7 Å². The summed E-state index contributed by atoms with van der Waals surface area (Å²) in [5.74, 6) is -0.0408. The summed E-state index contributed by atoms with van der Waals surface area (Å²) in [7, 11) is -0.310. The van der Waals surface area contributed by atoms with Gasteiger partial charge < -0.3 is 9.16 Å². The van der Waals surface area contributed by atoms with Gasteiger partial charge in [0, 0.05) is 6.04 Å². The van der Waals surface area contributed by atoms with Crippen LogP contribution in [0.5, 0.6) is 0 Å². The van der Waals surface area contributed by atoms with Crippen LogP contribution in [0.15, 0.2) is 18.2 Å². The van der Waals surface area contributed by atoms with E-state index in [1.54, 1.807) is 0 Å². The number of likely N-dealkylation sites (tertiary alicyclic amines) is 1. The molecule has 0 saturated carbocycles. The number of hydrogen-bond acceptors (Lipinski definition) is 5. The molecule has 1 saturated heterocycles. The molecule has 1 atom stereocenters. The normalized spacial score (nSPS) is 18.3. The molecule has 1 fully saturated rings. The fourth-order valence-corrected chi connectivity index (χ4v) is 4.10. The Bertz CT molecular complexity index is 635. The van der Waals surface area contributed by atoms with Crippen LogP contribution in [0.4, 0.5) is 0 Å². The molecule has 0 amide bonds. The van der Waals surface area contributed by atoms with Crippen molar-refractivity contribution in [2.75, 3.05) is 20.2 Å². The van der Waals surface area contributed by atoms with Crippen LogP contribution in [-0.4, -0.2) is 44.4 Å². The molecule has 0 bridgehead atoms. The van der Waals surface area contributed by atoms with Crippen LogP contribution in [0.1, 0.15) is 58.0 Å². The van der Waals surface area contributed by atoms with E-state index in [1.165, 1.54) is 7.11 Å². The van der Waals surface area contributed by atoms with E-state index < -0.39 is 8.32 Å². The summed E-state index contributed by atoms with van der Waals surface area (Å²) in [6.45, 7) is 15.9. The van der Waals surface area contributed by atoms with Crippen molar-refractivity contribution >= 4 is 14.3 Å². The van der Waals surface area contributed by atoms with Crippen LogP contribution in [0, 0.1) is 5.92 Å². The second kappa shape index (κ2) is 8.84. The van der Waals surface area contributed by atoms with Crippen molar-refractivity contribution in [2.24, 2.45) is 5.92 Å². The second-order valence-corrected chi connectivity index (χ2v) is 13.9. The first-order valence-corrected chi connectivity index (χ1v) is 12.9. The Morgan fingerprint density at radius 2 is 1.93 bits per heavy atom. The largest absolute Gasteiger partial charge is 0.469 e. The lowest BCUT2D eigenvalue weighted by Gasteiger charge is -2.36. The van der Waals surface area contributed by atoms with Crippen LogP contribution in [0.2, 0.25) is 18.1 Å². The molecule has 27 heavy (non-hydrogen) atoms. The van der Waals surface area contributed by atoms with Gasteiger partial charge in [0.2, 0.25) is 0 Å². The number of carbonyl (C=O) groups is 1. The van der Waals surface area contributed by atoms with E-state index in [1.807, 2.05) is 6.07 Å². The number of pyridine rings is 1. The standard InChI is InChI=1S/C21H36N2O3Si/c1-16(23-13-11-17(12-14-23)20(24)25-5)19-10-8-9-18(22-19)15-26-27(6,7)21(2,3)4/h8-10,16-17H,11-15H2,1-7H3/t16-/m1/s1. The molecule has 1 aromatic rings. The number of piperidine rings is 1. The smallest absolute Gasteiger partial charge is 0.308 e. The Hall–Kier alpha value is -1.24. The molecule has 1 aromatic heterocycles. The Kier molecular flexibility index (Phi) is 7.22. The summed E-state index contributed by atoms with van der Waals surface area (Å²) in [5.41, 5.74) is 2.07. The van der Waals surface area contributed by atoms with Gasteiger partial charge in [-0.2, -0.15) is 0 Å². The summed E-state index contributed by atoms with van der Waals surface area (Å²) in [6, 6.07) is 6.45. The van der Waals surface area contributed by atoms with Crippen molar-refractivity contribution < 1.29 is 14.0 Å². The van der Waals surface area contributed by atoms with Gasteiger partial charge in [-0.05, 0) is 63.1 Å². The Morgan fingerprint density at radius 3 is 2.48 bits per heavy atom. The van der Waals surface area contributed by atoms with E-state index in [-0.39, 0.29) is 23.0 Å². The number of nitrogens with zero attached hydrogens (tertiary/aromatic N) is 2. The van der Waals surface area contributed by atoms with Gasteiger partial charge in [0.15, 0.2) is 8.32 Å². The molecule has 5 nitrogen and oxygen atoms in total. The number of esters is 1. The highest BCUT2D eigenvalue weighted by molar-refractivity contribution is 6.74. The van der Waals surface area contributed by atoms with Gasteiger partial charge in [-0.1, -0.05) is 26.8 Å². The minimum atomic E-state index is -1.78. The molecule has 0 unspecified atom stereocenters. The number of ether oxygens (including phenoxy) is 1. The zero-order chi connectivity index (χ0) is 20.2. The quantitative estimate of drug-likeness (QED) is 0.525. The maximum Gasteiger partial charge on any atom is 0.308 e. The molecular weight excluding hydrogens is 356 g/mol. The minimum Gasteiger partial charge on any atom is -0.469 e. The van der Waals surface area contributed by atoms with Crippen molar-refractivity contribution in [1.82, 2.24) is 9.88 Å². The van der Waals surface area contributed by atoms with Crippen molar-refractivity contribution in [3.05, 3.63) is 29.6 Å². The predicted molar refractivity (Wildman–Crippen MR) is 111 cm³/mol. The maximum atomic E-state index is 11.7. The fourth-order valence-electron chi connectivity index (χ4n) is 3.16. The van der Waals surface area contributed by atoms with Crippen LogP contribution in [-0.2, 0) is 20.6 Å². The molecule has 0 spiro atoms. The van der Waals surface area contributed by atoms with Crippen LogP contribution in [0.3, 0.4) is 0 Å². The summed E-state index contributed by atoms with van der Waals surface area (Å²) in [5, 5.41) is 0.196. The number of aromatic nitrogens is 1. The number of methoxy groups -OCH3 is 1. The van der Waals surface area contributed by atoms with Crippen LogP contribution in [0.25, 0.3) is 0 Å². The monoisotopic (exact) mass is 392 g/mol. The van der Waals surface area contributed by atoms with E-state index in [4.69, 9.17) is 14.1 Å². The van der Waals surface area contributed by atoms with Gasteiger partial charge in [0.05, 0.1) is 31.0 Å². The van der Waals surface area contributed by atoms with E-state index in [9.17, 15) is 4.79 Å². The van der Waals surface area contributed by atoms with Gasteiger partial charge >= 0.3 is 5.97 Å². The Morgan fingerprint density at radius 1 is 1.30 bits per heavy atom. The van der Waals surface area contributed by atoms with Crippen molar-refractivity contribution in [3.8, 4) is 0 Å². The highest BCUT2D eigenvalue weighted by Crippen LogP contribution is 2.37. The lowest BCUT2D eigenvalue weighted by Crippen LogP contribution is -2.40. The zero-order valence-electron chi connectivity index (χ0n) is 18.0. The van der Waals surface area contributed by atoms with E-state index in [0.29, 0.717) is 6.61 Å². The lowest BCUT2D eigenvalue weighted by atomic mass is 9.95. The average Bonchev–Trinajstić information content (AvgIpc) is 2.64. The van der Waals surface area contributed by atoms with Gasteiger partial charge in [-0.25, -0.2) is 0 Å². The number of carbonyl (C=O) groups excluding carboxylic acids is 1. The molecule has 2 rings (SSSR count). The SMILES string of the molecule is COC(=O)C1CCN([C@H](C)c2cccc(CO[Si](C)(C)C(C)(C)C)n2)CC1. The lowest BCUT2D eigenvalue weighted by molar-refractivity contribution is -0.147. The first-order chi connectivity index (χ1) is 12.5. The van der Waals surface area contributed by atoms with E-state index in [2.05, 4.69) is 57.8 Å². The fraction of sp³-hybridized carbons (Fsp3) is 0.714. The molecule has 1 aliphatic rings. The predicted octanol–water partition coefficient (Wildman–Crippen LogP) is 4.55. The average molecular weight is 393 g/mol. The van der Waals surface area contributed by atoms with Crippen LogP contribution >= 0.6 is 0 Å². The van der Waals surface area contributed by atoms with Crippen molar-refractivity contribution in [1.29, 1.82) is 0 Å². The third-order valence-electron chi connectivity index (χ3n) is 6.26. The summed E-state index contributed by atoms with van der Waals surface area (Å²) >= 11 is 0. The highest BCUT2D eigenvalue weighted by Gasteiger charge is 2.37. The maximum absolute atomic E-state index is 11.7. The molecule has 0 aromatic carbocycles. The molecule has 0 aliphatic carbocycles. The van der Waals surface area contributed by atoms with Gasteiger partial charge in [0.1, 0.15) is 0 Å². The first-order valence-electron chi connectivity index (χ1n) is 9.97. The Balaban J connectivity index is 1.98. The summed E-state index contributed by atoms with van der Waals surface area (Å²) in [6.07, 6.45) is 1.70. The number of hydrogen-bond donors (Lipinski definition) is 0. The van der Waals surface area contributed by atoms with E-state index in [0.717, 1.165) is 37.3 Å². The molecule has 6 heteroatoms. The van der Waals surface area contributed by atoms with Gasteiger partial charge in [-0.15, -0.1) is 0 Å².